The van der Waals surface area contributed by atoms with Gasteiger partial charge in [-0.25, -0.2) is 14.4 Å². The molecule has 2 heterocycles. The molecule has 2 N–H and O–H groups in total. The lowest BCUT2D eigenvalue weighted by Gasteiger charge is -2.49. The molecule has 14 nitrogen and oxygen atoms in total. The van der Waals surface area contributed by atoms with E-state index in [1.165, 1.54) is 37.4 Å². The summed E-state index contributed by atoms with van der Waals surface area (Å²) < 4.78 is 22.5. The van der Waals surface area contributed by atoms with Crippen LogP contribution in [0.3, 0.4) is 0 Å². The van der Waals surface area contributed by atoms with E-state index >= 15 is 0 Å². The summed E-state index contributed by atoms with van der Waals surface area (Å²) in [5.74, 6) is -1.81. The van der Waals surface area contributed by atoms with Crippen molar-refractivity contribution in [2.24, 2.45) is 5.16 Å². The van der Waals surface area contributed by atoms with E-state index in [1.54, 1.807) is 85.1 Å². The molecule has 1 aromatic rings. The number of benzene rings is 1. The van der Waals surface area contributed by atoms with Crippen LogP contribution in [0.2, 0.25) is 0 Å². The normalized spacial score (nSPS) is 18.1. The van der Waals surface area contributed by atoms with Gasteiger partial charge in [0.1, 0.15) is 40.7 Å². The highest BCUT2D eigenvalue weighted by Gasteiger charge is 2.54. The lowest BCUT2D eigenvalue weighted by atomic mass is 10.0. The zero-order chi connectivity index (χ0) is 44.3. The number of ether oxygens (including phenoxy) is 4. The number of carbonyl (C=O) groups is 5. The maximum absolute atomic E-state index is 14.2. The monoisotopic (exact) mass is 988 g/mol. The molecule has 0 aromatic heterocycles. The van der Waals surface area contributed by atoms with Gasteiger partial charge in [0.25, 0.3) is 11.8 Å². The highest BCUT2D eigenvalue weighted by molar-refractivity contribution is 14.1. The van der Waals surface area contributed by atoms with Crippen molar-refractivity contribution in [3.8, 4) is 5.75 Å². The van der Waals surface area contributed by atoms with Gasteiger partial charge in [-0.3, -0.25) is 19.8 Å². The van der Waals surface area contributed by atoms with Crippen LogP contribution in [0.5, 0.6) is 5.75 Å². The number of esters is 2. The van der Waals surface area contributed by atoms with Gasteiger partial charge in [0, 0.05) is 15.8 Å². The van der Waals surface area contributed by atoms with Crippen molar-refractivity contribution < 1.29 is 47.8 Å². The molecule has 2 aliphatic rings. The van der Waals surface area contributed by atoms with Crippen molar-refractivity contribution in [3.63, 3.8) is 0 Å². The molecule has 0 radical (unpaired) electrons. The van der Waals surface area contributed by atoms with Crippen LogP contribution in [0.4, 0.5) is 4.79 Å². The van der Waals surface area contributed by atoms with E-state index < -0.39 is 58.1 Å². The zero-order valence-electron chi connectivity index (χ0n) is 35.3. The van der Waals surface area contributed by atoms with Gasteiger partial charge in [0.2, 0.25) is 5.60 Å². The summed E-state index contributed by atoms with van der Waals surface area (Å²) in [7, 11) is 1.56. The number of allylic oxidation sites excluding steroid dienone is 3. The summed E-state index contributed by atoms with van der Waals surface area (Å²) in [6, 6.07) is 5.97. The fourth-order valence-electron chi connectivity index (χ4n) is 5.04. The van der Waals surface area contributed by atoms with Crippen LogP contribution in [0.1, 0.15) is 87.6 Å². The fraction of sp³-hybridized carbons (Fsp3) is 0.512. The number of fused-ring (bicyclic) bond motifs is 1. The van der Waals surface area contributed by atoms with Crippen LogP contribution in [-0.2, 0) is 44.8 Å². The van der Waals surface area contributed by atoms with E-state index in [1.807, 2.05) is 13.0 Å². The molecule has 1 fully saturated rings. The lowest BCUT2D eigenvalue weighted by molar-refractivity contribution is -0.179. The maximum Gasteiger partial charge on any atom is 0.412 e. The van der Waals surface area contributed by atoms with Crippen molar-refractivity contribution in [1.82, 2.24) is 15.5 Å². The van der Waals surface area contributed by atoms with Crippen LogP contribution < -0.4 is 15.4 Å². The number of β-lactam (4-membered cyclic amide) rings is 1. The van der Waals surface area contributed by atoms with Crippen molar-refractivity contribution in [2.75, 3.05) is 17.3 Å². The molecule has 324 valence electrons. The Labute approximate surface area is 373 Å². The average Bonchev–Trinajstić information content (AvgIpc) is 3.15. The van der Waals surface area contributed by atoms with Gasteiger partial charge < -0.3 is 29.1 Å². The number of alkyl halides is 1. The number of halogens is 2. The number of rotatable bonds is 17. The number of nitrogens with zero attached hydrogens (tertiary/aromatic N) is 2. The number of carbonyl (C=O) groups excluding carboxylic acids is 5. The third kappa shape index (κ3) is 14.8. The van der Waals surface area contributed by atoms with Gasteiger partial charge in [-0.2, -0.15) is 0 Å². The second-order valence-electron chi connectivity index (χ2n) is 15.7. The van der Waals surface area contributed by atoms with Gasteiger partial charge in [0.15, 0.2) is 5.71 Å². The number of hydrogen-bond acceptors (Lipinski definition) is 13. The number of methoxy groups -OCH3 is 1. The van der Waals surface area contributed by atoms with E-state index in [0.717, 1.165) is 23.7 Å². The first kappa shape index (κ1) is 49.7. The number of amides is 3. The van der Waals surface area contributed by atoms with Crippen LogP contribution in [0.25, 0.3) is 0 Å². The second-order valence-corrected chi connectivity index (χ2v) is 19.4. The van der Waals surface area contributed by atoms with Crippen LogP contribution in [0.15, 0.2) is 73.9 Å². The summed E-state index contributed by atoms with van der Waals surface area (Å²) in [4.78, 5) is 74.5. The SMILES string of the molecule is CCC/C=C(\NC(=O)OC(C)(C)C)S/C(Cl)=C(C)/C(=N/OC(C)(C)C(=O)OC(C)(C)C)C(=O)N[C@@H]1C(=O)N2C(C(=O)OCc3ccc(OC)cc3)=C(/C=C/CI)CSC12. The smallest absolute Gasteiger partial charge is 0.412 e. The average molecular weight is 989 g/mol. The predicted octanol–water partition coefficient (Wildman–Crippen LogP) is 8.25. The first-order valence-corrected chi connectivity index (χ1v) is 22.5. The Balaban J connectivity index is 1.95. The second kappa shape index (κ2) is 21.7. The molecule has 1 unspecified atom stereocenters. The molecule has 0 aliphatic carbocycles. The molecule has 0 spiro atoms. The van der Waals surface area contributed by atoms with Gasteiger partial charge >= 0.3 is 18.0 Å². The molecule has 59 heavy (non-hydrogen) atoms. The molecule has 1 aromatic carbocycles. The Morgan fingerprint density at radius 2 is 1.69 bits per heavy atom. The Bertz CT molecular complexity index is 1900. The third-order valence-electron chi connectivity index (χ3n) is 7.98. The molecule has 0 saturated carbocycles. The Morgan fingerprint density at radius 1 is 1.05 bits per heavy atom. The van der Waals surface area contributed by atoms with E-state index in [4.69, 9.17) is 35.4 Å². The number of unbranched alkanes of at least 4 members (excludes halogenated alkanes) is 1. The summed E-state index contributed by atoms with van der Waals surface area (Å²) in [6.45, 7) is 16.6. The number of hydrogen-bond donors (Lipinski definition) is 2. The van der Waals surface area contributed by atoms with Gasteiger partial charge in [0.05, 0.1) is 16.5 Å². The summed E-state index contributed by atoms with van der Waals surface area (Å²) in [6.07, 6.45) is 6.09. The predicted molar refractivity (Wildman–Crippen MR) is 240 cm³/mol. The number of oxime groups is 1. The summed E-state index contributed by atoms with van der Waals surface area (Å²) >= 11 is 11.3. The molecule has 2 atom stereocenters. The number of nitrogens with one attached hydrogen (secondary N) is 2. The Morgan fingerprint density at radius 3 is 2.27 bits per heavy atom. The molecule has 3 rings (SSSR count). The summed E-state index contributed by atoms with van der Waals surface area (Å²) in [5.41, 5.74) is -2.07. The van der Waals surface area contributed by atoms with E-state index in [0.29, 0.717) is 33.0 Å². The maximum atomic E-state index is 14.2. The fourth-order valence-corrected chi connectivity index (χ4v) is 7.73. The number of alkyl carbamates (subject to hydrolysis) is 1. The largest absolute Gasteiger partial charge is 0.497 e. The van der Waals surface area contributed by atoms with Crippen molar-refractivity contribution >= 4 is 93.3 Å². The Kier molecular flexibility index (Phi) is 18.3. The van der Waals surface area contributed by atoms with Crippen LogP contribution in [-0.4, -0.2) is 86.0 Å². The molecular formula is C41H54ClIN4O10S2. The molecule has 1 saturated heterocycles. The molecule has 18 heteroatoms. The van der Waals surface area contributed by atoms with Crippen molar-refractivity contribution in [3.05, 3.63) is 74.3 Å². The van der Waals surface area contributed by atoms with Gasteiger partial charge in [-0.1, -0.05) is 94.8 Å². The standard InChI is InChI=1S/C41H54ClIN4O10S2/c1-12-13-16-28(44-38(52)56-40(6,7)8)59-32(42)24(2)29(46-57-41(9,10)37(51)55-39(3,4)5)33(48)45-30-34(49)47-31(26(15-14-21-43)23-58-35(30)47)36(50)54-22-25-17-19-27(53-11)20-18-25/h14-20,30,35H,12-13,21-23H2,1-11H3,(H,44,52)(H,45,48)/b15-14+,28-16+,32-24+,46-29-/t30-,35?/m1/s1. The topological polar surface area (TPSA) is 171 Å². The van der Waals surface area contributed by atoms with Crippen LogP contribution in [0, 0.1) is 0 Å². The lowest BCUT2D eigenvalue weighted by Crippen LogP contribution is -2.71. The Hall–Kier alpha value is -3.68. The first-order chi connectivity index (χ1) is 27.5. The molecule has 0 bridgehead atoms. The molecule has 3 amide bonds. The zero-order valence-corrected chi connectivity index (χ0v) is 39.8. The quantitative estimate of drug-likeness (QED) is 0.0292. The minimum absolute atomic E-state index is 0.0288. The van der Waals surface area contributed by atoms with Crippen molar-refractivity contribution in [1.29, 1.82) is 0 Å². The highest BCUT2D eigenvalue weighted by atomic mass is 127. The number of thioether (sulfide) groups is 2. The molecular weight excluding hydrogens is 935 g/mol. The third-order valence-corrected chi connectivity index (χ3v) is 11.3. The van der Waals surface area contributed by atoms with Gasteiger partial charge in [-0.15, -0.1) is 11.8 Å². The first-order valence-electron chi connectivity index (χ1n) is 18.8. The minimum atomic E-state index is -1.65. The van der Waals surface area contributed by atoms with E-state index in [2.05, 4.69) is 38.4 Å². The summed E-state index contributed by atoms with van der Waals surface area (Å²) in [5, 5.41) is 9.25. The van der Waals surface area contributed by atoms with Crippen LogP contribution >= 0.6 is 57.7 Å². The van der Waals surface area contributed by atoms with Crippen molar-refractivity contribution in [2.45, 2.75) is 117 Å². The minimum Gasteiger partial charge on any atom is -0.497 e. The van der Waals surface area contributed by atoms with E-state index in [-0.39, 0.29) is 28.0 Å². The van der Waals surface area contributed by atoms with E-state index in [9.17, 15) is 24.0 Å². The molecule has 2 aliphatic heterocycles. The van der Waals surface area contributed by atoms with Gasteiger partial charge in [-0.05, 0) is 92.0 Å². The highest BCUT2D eigenvalue weighted by Crippen LogP contribution is 2.41.